The van der Waals surface area contributed by atoms with Gasteiger partial charge >= 0.3 is 0 Å². The zero-order valence-corrected chi connectivity index (χ0v) is 28.1. The molecule has 0 unspecified atom stereocenters. The Bertz CT molecular complexity index is 1920. The number of carbonyl (C=O) groups excluding carboxylic acids is 1. The number of unbranched alkanes of at least 4 members (excludes halogenated alkanes) is 1. The van der Waals surface area contributed by atoms with Crippen molar-refractivity contribution in [2.45, 2.75) is 64.3 Å². The number of fused-ring (bicyclic) bond motifs is 1. The quantitative estimate of drug-likeness (QED) is 0.0533. The van der Waals surface area contributed by atoms with Crippen LogP contribution >= 0.6 is 0 Å². The van der Waals surface area contributed by atoms with Crippen LogP contribution in [0.25, 0.3) is 16.6 Å². The van der Waals surface area contributed by atoms with Crippen LogP contribution in [0.4, 0.5) is 10.2 Å². The molecule has 0 amide bonds. The predicted octanol–water partition coefficient (Wildman–Crippen LogP) is 6.13. The minimum absolute atomic E-state index is 0.00820. The lowest BCUT2D eigenvalue weighted by molar-refractivity contribution is 0.0833. The zero-order chi connectivity index (χ0) is 33.7. The highest BCUT2D eigenvalue weighted by atomic mass is 32.3. The van der Waals surface area contributed by atoms with E-state index < -0.39 is 16.1 Å². The molecule has 250 valence electrons. The third kappa shape index (κ3) is 7.62. The van der Waals surface area contributed by atoms with Crippen molar-refractivity contribution in [3.63, 3.8) is 0 Å². The number of nitrogens with two attached hydrogens (primary N) is 2. The number of carbonyl (C=O) groups is 1. The molecule has 2 aromatic carbocycles. The Balaban J connectivity index is 1.40. The summed E-state index contributed by atoms with van der Waals surface area (Å²) < 4.78 is 43.9. The second-order valence-electron chi connectivity index (χ2n) is 11.7. The van der Waals surface area contributed by atoms with E-state index in [1.165, 1.54) is 16.9 Å². The Hall–Kier alpha value is -4.36. The Morgan fingerprint density at radius 1 is 1.26 bits per heavy atom. The zero-order valence-electron chi connectivity index (χ0n) is 27.2. The van der Waals surface area contributed by atoms with Crippen molar-refractivity contribution in [1.29, 1.82) is 0 Å². The monoisotopic (exact) mass is 662 g/mol. The van der Waals surface area contributed by atoms with Gasteiger partial charge in [0.2, 0.25) is 5.78 Å². The molecule has 10 nitrogen and oxygen atoms in total. The maximum Gasteiger partial charge on any atom is 0.214 e. The number of thiol groups is 1. The Labute approximate surface area is 275 Å². The first kappa shape index (κ1) is 34.0. The molecule has 47 heavy (non-hydrogen) atoms. The van der Waals surface area contributed by atoms with Gasteiger partial charge in [0, 0.05) is 45.4 Å². The molecule has 0 aliphatic carbocycles. The number of aromatic nitrogens is 3. The van der Waals surface area contributed by atoms with Crippen molar-refractivity contribution in [3.05, 3.63) is 101 Å². The van der Waals surface area contributed by atoms with Gasteiger partial charge in [-0.15, -0.1) is 0 Å². The van der Waals surface area contributed by atoms with Crippen molar-refractivity contribution in [3.8, 4) is 5.75 Å². The molecule has 1 fully saturated rings. The fourth-order valence-corrected chi connectivity index (χ4v) is 7.53. The summed E-state index contributed by atoms with van der Waals surface area (Å²) in [5.74, 6) is -0.0401. The van der Waals surface area contributed by atoms with Crippen molar-refractivity contribution in [2.75, 3.05) is 18.9 Å². The molecule has 4 aromatic rings. The fraction of sp³-hybridized carbons (Fsp3) is 0.314. The van der Waals surface area contributed by atoms with Gasteiger partial charge in [-0.05, 0) is 93.7 Å². The lowest BCUT2D eigenvalue weighted by atomic mass is 10.1. The number of rotatable bonds is 12. The number of hydrogen-bond acceptors (Lipinski definition) is 6. The molecule has 5 rings (SSSR count). The summed E-state index contributed by atoms with van der Waals surface area (Å²) in [6.45, 7) is 8.81. The summed E-state index contributed by atoms with van der Waals surface area (Å²) in [4.78, 5) is 17.4. The Morgan fingerprint density at radius 3 is 2.70 bits per heavy atom. The van der Waals surface area contributed by atoms with E-state index in [-0.39, 0.29) is 29.0 Å². The number of nitrogens with zero attached hydrogens (tertiary/aromatic N) is 2. The number of H-pyrrole nitrogens is 1. The number of para-hydroxylation sites is 1. The first-order chi connectivity index (χ1) is 22.5. The van der Waals surface area contributed by atoms with Crippen LogP contribution in [0.5, 0.6) is 5.75 Å². The number of benzene rings is 2. The van der Waals surface area contributed by atoms with Crippen LogP contribution in [0.1, 0.15) is 68.1 Å². The van der Waals surface area contributed by atoms with E-state index >= 15 is 0 Å². The van der Waals surface area contributed by atoms with Gasteiger partial charge in [-0.25, -0.2) is 13.8 Å². The topological polar surface area (TPSA) is 150 Å². The van der Waals surface area contributed by atoms with Crippen molar-refractivity contribution in [2.24, 2.45) is 5.14 Å². The Kier molecular flexibility index (Phi) is 10.6. The number of allylic oxidation sites excluding steroid dienone is 5. The average molecular weight is 663 g/mol. The molecule has 3 heterocycles. The normalized spacial score (nSPS) is 15.7. The molecule has 0 radical (unpaired) electrons. The number of aryl methyl sites for hydroxylation is 1. The fourth-order valence-electron chi connectivity index (χ4n) is 5.68. The van der Waals surface area contributed by atoms with Gasteiger partial charge in [-0.2, -0.15) is 5.10 Å². The summed E-state index contributed by atoms with van der Waals surface area (Å²) in [7, 11) is -3.38. The van der Waals surface area contributed by atoms with Gasteiger partial charge in [0.15, 0.2) is 11.6 Å². The summed E-state index contributed by atoms with van der Waals surface area (Å²) in [5, 5.41) is 11.6. The second-order valence-corrected chi connectivity index (χ2v) is 13.8. The highest BCUT2D eigenvalue weighted by molar-refractivity contribution is 7.99. The van der Waals surface area contributed by atoms with E-state index in [1.54, 1.807) is 36.4 Å². The van der Waals surface area contributed by atoms with Gasteiger partial charge in [0.05, 0.1) is 23.2 Å². The lowest BCUT2D eigenvalue weighted by Gasteiger charge is -2.30. The predicted molar refractivity (Wildman–Crippen MR) is 186 cm³/mol. The smallest absolute Gasteiger partial charge is 0.214 e. The largest absolute Gasteiger partial charge is 0.455 e. The van der Waals surface area contributed by atoms with Crippen molar-refractivity contribution < 1.29 is 22.9 Å². The van der Waals surface area contributed by atoms with E-state index in [4.69, 9.17) is 20.3 Å². The van der Waals surface area contributed by atoms with Crippen LogP contribution in [0, 0.1) is 12.7 Å². The van der Waals surface area contributed by atoms with Crippen LogP contribution in [0.2, 0.25) is 0 Å². The molecule has 0 spiro atoms. The standard InChI is InChI=1S/C35H43FN6O4S/c1-5-7-10-26(46-32-12-9-8-11-28(32)36)18-22(3)31(6-2)42-35(37)27(21-39-42)34(43)30-19-24-17-23(4)33(20-29(24)40-30)47(38,44)41-25-13-15-45-16-14-25/h6,8-12,17-21,25,40,47H,5,7,13-16,37H2,1-4H3,(H3,38,41,44)/b22-18-,26-10-,31-6+. The third-order valence-electron chi connectivity index (χ3n) is 8.15. The number of nitrogen functional groups attached to an aromatic ring is 1. The minimum Gasteiger partial charge on any atom is -0.455 e. The number of ether oxygens (including phenoxy) is 2. The number of halogens is 1. The van der Waals surface area contributed by atoms with Crippen LogP contribution in [0.3, 0.4) is 0 Å². The van der Waals surface area contributed by atoms with E-state index in [0.717, 1.165) is 42.2 Å². The minimum atomic E-state index is -3.38. The SMILES string of the molecule is C\C=C(/C(C)=C\C(=C\CCC)Oc1ccccc1F)n1ncc(C(=O)c2cc3cc(C)c([SH](N)(=O)NC4CCOCC4)cc3[nH]2)c1N. The van der Waals surface area contributed by atoms with E-state index in [0.29, 0.717) is 40.8 Å². The maximum absolute atomic E-state index is 14.3. The molecule has 0 atom stereocenters. The molecule has 2 aromatic heterocycles. The van der Waals surface area contributed by atoms with Gasteiger partial charge in [0.25, 0.3) is 0 Å². The van der Waals surface area contributed by atoms with Gasteiger partial charge in [-0.1, -0.05) is 31.6 Å². The molecule has 6 N–H and O–H groups in total. The molecule has 12 heteroatoms. The Morgan fingerprint density at radius 2 is 2.00 bits per heavy atom. The van der Waals surface area contributed by atoms with E-state index in [1.807, 2.05) is 45.9 Å². The first-order valence-corrected chi connectivity index (χ1v) is 17.5. The molecular formula is C35H43FN6O4S. The van der Waals surface area contributed by atoms with Gasteiger partial charge in [0.1, 0.15) is 11.6 Å². The maximum atomic E-state index is 14.3. The number of ketones is 1. The van der Waals surface area contributed by atoms with Crippen molar-refractivity contribution in [1.82, 2.24) is 19.5 Å². The number of hydrogen-bond donors (Lipinski definition) is 5. The summed E-state index contributed by atoms with van der Waals surface area (Å²) in [6.07, 6.45) is 10.1. The molecule has 0 bridgehead atoms. The highest BCUT2D eigenvalue weighted by Gasteiger charge is 2.24. The van der Waals surface area contributed by atoms with Crippen LogP contribution in [0.15, 0.2) is 83.1 Å². The first-order valence-electron chi connectivity index (χ1n) is 15.8. The molecule has 0 saturated carbocycles. The molecule has 1 aliphatic heterocycles. The lowest BCUT2D eigenvalue weighted by Crippen LogP contribution is -2.47. The number of anilines is 1. The molecular weight excluding hydrogens is 619 g/mol. The molecule has 1 aliphatic rings. The summed E-state index contributed by atoms with van der Waals surface area (Å²) in [6, 6.07) is 11.6. The third-order valence-corrected chi connectivity index (χ3v) is 10.1. The highest BCUT2D eigenvalue weighted by Crippen LogP contribution is 2.29. The summed E-state index contributed by atoms with van der Waals surface area (Å²) in [5.41, 5.74) is 9.83. The van der Waals surface area contributed by atoms with Crippen LogP contribution in [-0.4, -0.2) is 44.0 Å². The molecule has 1 saturated heterocycles. The second kappa shape index (κ2) is 14.6. The van der Waals surface area contributed by atoms with E-state index in [9.17, 15) is 13.4 Å². The van der Waals surface area contributed by atoms with Gasteiger partial charge < -0.3 is 20.2 Å². The summed E-state index contributed by atoms with van der Waals surface area (Å²) >= 11 is 0. The van der Waals surface area contributed by atoms with Crippen LogP contribution < -0.4 is 20.3 Å². The number of nitrogens with one attached hydrogen (secondary N) is 2. The van der Waals surface area contributed by atoms with E-state index in [2.05, 4.69) is 14.8 Å². The van der Waals surface area contributed by atoms with Gasteiger partial charge in [-0.3, -0.25) is 14.1 Å². The van der Waals surface area contributed by atoms with Crippen molar-refractivity contribution >= 4 is 38.5 Å². The van der Waals surface area contributed by atoms with Crippen LogP contribution in [-0.2, 0) is 15.0 Å². The average Bonchev–Trinajstić information content (AvgIpc) is 3.64. The number of aromatic amines is 1.